The van der Waals surface area contributed by atoms with Crippen LogP contribution in [-0.2, 0) is 9.53 Å². The molecule has 1 aromatic carbocycles. The van der Waals surface area contributed by atoms with Crippen LogP contribution >= 0.6 is 23.2 Å². The summed E-state index contributed by atoms with van der Waals surface area (Å²) < 4.78 is 4.53. The summed E-state index contributed by atoms with van der Waals surface area (Å²) in [7, 11) is 0. The highest BCUT2D eigenvalue weighted by Gasteiger charge is 2.37. The van der Waals surface area contributed by atoms with Crippen LogP contribution in [0.25, 0.3) is 0 Å². The molecule has 1 aliphatic heterocycles. The third-order valence-corrected chi connectivity index (χ3v) is 3.55. The molecule has 0 radical (unpaired) electrons. The summed E-state index contributed by atoms with van der Waals surface area (Å²) in [5.74, 6) is -2.21. The molecule has 9 heteroatoms. The fourth-order valence-corrected chi connectivity index (χ4v) is 2.22. The van der Waals surface area contributed by atoms with E-state index >= 15 is 0 Å². The summed E-state index contributed by atoms with van der Waals surface area (Å²) in [6, 6.07) is 2.53. The number of carbonyl (C=O) groups excluding carboxylic acids is 4. The van der Waals surface area contributed by atoms with Gasteiger partial charge in [-0.3, -0.25) is 24.6 Å². The van der Waals surface area contributed by atoms with Crippen molar-refractivity contribution in [2.75, 3.05) is 13.2 Å². The number of fused-ring (bicyclic) bond motifs is 1. The number of imide groups is 2. The van der Waals surface area contributed by atoms with Gasteiger partial charge in [0, 0.05) is 0 Å². The average Bonchev–Trinajstić information content (AvgIpc) is 2.65. The summed E-state index contributed by atoms with van der Waals surface area (Å²) in [5.41, 5.74) is 0.117. The van der Waals surface area contributed by atoms with E-state index in [1.807, 2.05) is 5.32 Å². The minimum Gasteiger partial charge on any atom is -0.450 e. The number of halogens is 2. The first-order valence-electron chi connectivity index (χ1n) is 6.17. The number of ether oxygens (including phenoxy) is 1. The molecule has 0 aromatic heterocycles. The normalized spacial score (nSPS) is 13.1. The minimum absolute atomic E-state index is 0.0586. The Labute approximate surface area is 135 Å². The lowest BCUT2D eigenvalue weighted by Gasteiger charge is -2.12. The number of carbonyl (C=O) groups is 4. The summed E-state index contributed by atoms with van der Waals surface area (Å²) in [6.07, 6.45) is -0.949. The Morgan fingerprint density at radius 3 is 2.09 bits per heavy atom. The van der Waals surface area contributed by atoms with Gasteiger partial charge < -0.3 is 4.74 Å². The number of benzene rings is 1. The molecule has 2 rings (SSSR count). The van der Waals surface area contributed by atoms with Crippen molar-refractivity contribution in [2.24, 2.45) is 0 Å². The van der Waals surface area contributed by atoms with Gasteiger partial charge >= 0.3 is 6.09 Å². The van der Waals surface area contributed by atoms with E-state index in [1.54, 1.807) is 6.92 Å². The first-order chi connectivity index (χ1) is 10.3. The molecular weight excluding hydrogens is 335 g/mol. The van der Waals surface area contributed by atoms with Gasteiger partial charge in [0.25, 0.3) is 11.8 Å². The van der Waals surface area contributed by atoms with Gasteiger partial charge in [-0.1, -0.05) is 23.2 Å². The molecule has 1 aromatic rings. The average molecular weight is 345 g/mol. The van der Waals surface area contributed by atoms with Crippen molar-refractivity contribution < 1.29 is 23.9 Å². The standard InChI is InChI=1S/C13H10Cl2N2O5/c1-2-22-13(21)16-10(18)5-17-11(19)6-3-8(14)9(15)4-7(6)12(17)20/h3-4H,2,5H2,1H3,(H,16,18,21). The molecule has 0 aliphatic carbocycles. The molecule has 0 fully saturated rings. The first-order valence-corrected chi connectivity index (χ1v) is 6.92. The van der Waals surface area contributed by atoms with Crippen molar-refractivity contribution in [3.8, 4) is 0 Å². The van der Waals surface area contributed by atoms with Gasteiger partial charge in [-0.15, -0.1) is 0 Å². The van der Waals surface area contributed by atoms with E-state index in [-0.39, 0.29) is 27.8 Å². The van der Waals surface area contributed by atoms with Crippen molar-refractivity contribution in [3.05, 3.63) is 33.3 Å². The van der Waals surface area contributed by atoms with Crippen LogP contribution in [0.2, 0.25) is 10.0 Å². The fourth-order valence-electron chi connectivity index (χ4n) is 1.89. The van der Waals surface area contributed by atoms with E-state index in [0.717, 1.165) is 0 Å². The van der Waals surface area contributed by atoms with Crippen LogP contribution in [0, 0.1) is 0 Å². The lowest BCUT2D eigenvalue weighted by atomic mass is 10.1. The number of nitrogens with zero attached hydrogens (tertiary/aromatic N) is 1. The largest absolute Gasteiger partial charge is 0.450 e. The van der Waals surface area contributed by atoms with Crippen LogP contribution in [0.4, 0.5) is 4.79 Å². The summed E-state index contributed by atoms with van der Waals surface area (Å²) in [6.45, 7) is 1.05. The van der Waals surface area contributed by atoms with Gasteiger partial charge in [0.1, 0.15) is 6.54 Å². The number of alkyl carbamates (subject to hydrolysis) is 1. The maximum Gasteiger partial charge on any atom is 0.413 e. The van der Waals surface area contributed by atoms with E-state index in [4.69, 9.17) is 23.2 Å². The Bertz CT molecular complexity index is 648. The molecule has 1 aliphatic rings. The Hall–Kier alpha value is -2.12. The van der Waals surface area contributed by atoms with Gasteiger partial charge in [0.05, 0.1) is 27.8 Å². The van der Waals surface area contributed by atoms with E-state index in [2.05, 4.69) is 4.74 Å². The third kappa shape index (κ3) is 3.05. The number of nitrogens with one attached hydrogen (secondary N) is 1. The minimum atomic E-state index is -0.949. The fraction of sp³-hybridized carbons (Fsp3) is 0.231. The van der Waals surface area contributed by atoms with Crippen molar-refractivity contribution in [1.29, 1.82) is 0 Å². The van der Waals surface area contributed by atoms with E-state index in [1.165, 1.54) is 12.1 Å². The second kappa shape index (κ2) is 6.33. The van der Waals surface area contributed by atoms with Gasteiger partial charge in [-0.05, 0) is 19.1 Å². The quantitative estimate of drug-likeness (QED) is 0.844. The molecule has 0 spiro atoms. The maximum atomic E-state index is 12.1. The Morgan fingerprint density at radius 1 is 1.14 bits per heavy atom. The highest BCUT2D eigenvalue weighted by atomic mass is 35.5. The predicted octanol–water partition coefficient (Wildman–Crippen LogP) is 1.86. The lowest BCUT2D eigenvalue weighted by molar-refractivity contribution is -0.120. The molecule has 0 bridgehead atoms. The number of hydrogen-bond acceptors (Lipinski definition) is 5. The zero-order valence-corrected chi connectivity index (χ0v) is 12.8. The number of amides is 4. The van der Waals surface area contributed by atoms with Crippen LogP contribution in [0.5, 0.6) is 0 Å². The van der Waals surface area contributed by atoms with Gasteiger partial charge in [0.15, 0.2) is 0 Å². The zero-order chi connectivity index (χ0) is 16.4. The molecule has 0 unspecified atom stereocenters. The molecule has 7 nitrogen and oxygen atoms in total. The summed E-state index contributed by atoms with van der Waals surface area (Å²) >= 11 is 11.6. The Balaban J connectivity index is 2.15. The lowest BCUT2D eigenvalue weighted by Crippen LogP contribution is -2.42. The van der Waals surface area contributed by atoms with Crippen LogP contribution in [0.3, 0.4) is 0 Å². The van der Waals surface area contributed by atoms with E-state index in [0.29, 0.717) is 4.90 Å². The van der Waals surface area contributed by atoms with Crippen molar-refractivity contribution >= 4 is 47.0 Å². The number of hydrogen-bond donors (Lipinski definition) is 1. The predicted molar refractivity (Wildman–Crippen MR) is 77.0 cm³/mol. The van der Waals surface area contributed by atoms with E-state index in [9.17, 15) is 19.2 Å². The topological polar surface area (TPSA) is 92.8 Å². The van der Waals surface area contributed by atoms with E-state index < -0.39 is 30.4 Å². The van der Waals surface area contributed by atoms with Crippen LogP contribution in [0.1, 0.15) is 27.6 Å². The van der Waals surface area contributed by atoms with Crippen LogP contribution in [-0.4, -0.2) is 41.9 Å². The SMILES string of the molecule is CCOC(=O)NC(=O)CN1C(=O)c2cc(Cl)c(Cl)cc2C1=O. The van der Waals surface area contributed by atoms with Crippen molar-refractivity contribution in [3.63, 3.8) is 0 Å². The van der Waals surface area contributed by atoms with Crippen molar-refractivity contribution in [1.82, 2.24) is 10.2 Å². The smallest absolute Gasteiger partial charge is 0.413 e. The molecule has 1 heterocycles. The second-order valence-electron chi connectivity index (χ2n) is 4.28. The Morgan fingerprint density at radius 2 is 1.64 bits per heavy atom. The van der Waals surface area contributed by atoms with Gasteiger partial charge in [0.2, 0.25) is 5.91 Å². The van der Waals surface area contributed by atoms with Crippen LogP contribution < -0.4 is 5.32 Å². The van der Waals surface area contributed by atoms with Gasteiger partial charge in [-0.25, -0.2) is 4.79 Å². The third-order valence-electron chi connectivity index (χ3n) is 2.83. The second-order valence-corrected chi connectivity index (χ2v) is 5.09. The Kier molecular flexibility index (Phi) is 4.68. The summed E-state index contributed by atoms with van der Waals surface area (Å²) in [5, 5.41) is 2.15. The molecule has 0 saturated carbocycles. The number of rotatable bonds is 3. The molecule has 4 amide bonds. The zero-order valence-electron chi connectivity index (χ0n) is 11.3. The molecule has 0 saturated heterocycles. The first kappa shape index (κ1) is 16.3. The molecule has 22 heavy (non-hydrogen) atoms. The summed E-state index contributed by atoms with van der Waals surface area (Å²) in [4.78, 5) is 47.7. The highest BCUT2D eigenvalue weighted by molar-refractivity contribution is 6.43. The monoisotopic (exact) mass is 344 g/mol. The van der Waals surface area contributed by atoms with Gasteiger partial charge in [-0.2, -0.15) is 0 Å². The van der Waals surface area contributed by atoms with Crippen molar-refractivity contribution in [2.45, 2.75) is 6.92 Å². The van der Waals surface area contributed by atoms with Crippen LogP contribution in [0.15, 0.2) is 12.1 Å². The molecule has 116 valence electrons. The molecule has 1 N–H and O–H groups in total. The maximum absolute atomic E-state index is 12.1. The molecule has 0 atom stereocenters. The molecular formula is C13H10Cl2N2O5. The highest BCUT2D eigenvalue weighted by Crippen LogP contribution is 2.31.